The molecule has 1 heterocycles. The summed E-state index contributed by atoms with van der Waals surface area (Å²) in [6.07, 6.45) is 7.13. The predicted octanol–water partition coefficient (Wildman–Crippen LogP) is 3.85. The number of urea groups is 1. The van der Waals surface area contributed by atoms with E-state index in [1.165, 1.54) is 17.7 Å². The van der Waals surface area contributed by atoms with Crippen LogP contribution in [0.4, 0.5) is 14.9 Å². The van der Waals surface area contributed by atoms with Crippen LogP contribution in [-0.2, 0) is 0 Å². The number of benzene rings is 1. The number of amides is 2. The molecule has 1 N–H and O–H groups in total. The molecular formula is C18H24FN3O. The first kappa shape index (κ1) is 17.2. The van der Waals surface area contributed by atoms with Gasteiger partial charge in [-0.3, -0.25) is 4.90 Å². The largest absolute Gasteiger partial charge is 0.322 e. The van der Waals surface area contributed by atoms with Gasteiger partial charge in [0, 0.05) is 25.3 Å². The SMILES string of the molecule is CC=CC(=CC)CN1CCCN(C(=O)Nc2cccc(F)c2)C1. The zero-order chi connectivity index (χ0) is 16.7. The number of hydrogen-bond donors (Lipinski definition) is 1. The van der Waals surface area contributed by atoms with Gasteiger partial charge in [-0.05, 0) is 44.0 Å². The minimum Gasteiger partial charge on any atom is -0.311 e. The van der Waals surface area contributed by atoms with Crippen molar-refractivity contribution >= 4 is 11.7 Å². The third kappa shape index (κ3) is 5.21. The van der Waals surface area contributed by atoms with E-state index in [1.807, 2.05) is 19.9 Å². The molecule has 0 aromatic heterocycles. The van der Waals surface area contributed by atoms with Crippen molar-refractivity contribution in [2.75, 3.05) is 31.6 Å². The maximum atomic E-state index is 13.2. The molecule has 1 saturated heterocycles. The van der Waals surface area contributed by atoms with Crippen molar-refractivity contribution in [3.05, 3.63) is 53.9 Å². The summed E-state index contributed by atoms with van der Waals surface area (Å²) in [4.78, 5) is 16.3. The van der Waals surface area contributed by atoms with Crippen LogP contribution in [0.2, 0.25) is 0 Å². The Morgan fingerprint density at radius 2 is 2.17 bits per heavy atom. The highest BCUT2D eigenvalue weighted by Gasteiger charge is 2.22. The molecule has 1 fully saturated rings. The summed E-state index contributed by atoms with van der Waals surface area (Å²) in [6, 6.07) is 5.77. The molecule has 0 saturated carbocycles. The van der Waals surface area contributed by atoms with E-state index in [4.69, 9.17) is 0 Å². The van der Waals surface area contributed by atoms with E-state index in [2.05, 4.69) is 22.4 Å². The standard InChI is InChI=1S/C18H24FN3O/c1-3-7-15(4-2)13-21-10-6-11-22(14-21)18(23)20-17-9-5-8-16(19)12-17/h3-5,7-9,12H,6,10-11,13-14H2,1-2H3,(H,20,23). The second-order valence-electron chi connectivity index (χ2n) is 5.62. The molecule has 5 heteroatoms. The fraction of sp³-hybridized carbons (Fsp3) is 0.389. The van der Waals surface area contributed by atoms with E-state index in [9.17, 15) is 9.18 Å². The fourth-order valence-electron chi connectivity index (χ4n) is 2.64. The molecule has 0 aliphatic carbocycles. The number of carbonyl (C=O) groups excluding carboxylic acids is 1. The lowest BCUT2D eigenvalue weighted by atomic mass is 10.2. The number of anilines is 1. The first-order valence-corrected chi connectivity index (χ1v) is 7.94. The molecule has 1 aromatic carbocycles. The van der Waals surface area contributed by atoms with Gasteiger partial charge < -0.3 is 10.2 Å². The van der Waals surface area contributed by atoms with Crippen LogP contribution < -0.4 is 5.32 Å². The number of halogens is 1. The molecule has 2 amide bonds. The highest BCUT2D eigenvalue weighted by atomic mass is 19.1. The van der Waals surface area contributed by atoms with Crippen molar-refractivity contribution in [3.8, 4) is 0 Å². The molecule has 1 aromatic rings. The van der Waals surface area contributed by atoms with Gasteiger partial charge in [0.15, 0.2) is 0 Å². The lowest BCUT2D eigenvalue weighted by Gasteiger charge is -2.35. The van der Waals surface area contributed by atoms with Crippen LogP contribution in [-0.4, -0.2) is 42.1 Å². The van der Waals surface area contributed by atoms with E-state index in [0.29, 0.717) is 18.9 Å². The summed E-state index contributed by atoms with van der Waals surface area (Å²) in [6.45, 7) is 7.11. The molecule has 124 valence electrons. The molecule has 0 spiro atoms. The predicted molar refractivity (Wildman–Crippen MR) is 91.8 cm³/mol. The summed E-state index contributed by atoms with van der Waals surface area (Å²) >= 11 is 0. The summed E-state index contributed by atoms with van der Waals surface area (Å²) in [5, 5.41) is 2.76. The number of rotatable bonds is 4. The van der Waals surface area contributed by atoms with Crippen molar-refractivity contribution < 1.29 is 9.18 Å². The van der Waals surface area contributed by atoms with Crippen LogP contribution in [0, 0.1) is 5.82 Å². The Kier molecular flexibility index (Phi) is 6.35. The number of carbonyl (C=O) groups is 1. The van der Waals surface area contributed by atoms with Crippen LogP contribution in [0.25, 0.3) is 0 Å². The van der Waals surface area contributed by atoms with Crippen molar-refractivity contribution in [1.29, 1.82) is 0 Å². The lowest BCUT2D eigenvalue weighted by Crippen LogP contribution is -2.49. The molecule has 0 radical (unpaired) electrons. The first-order valence-electron chi connectivity index (χ1n) is 7.94. The molecule has 2 rings (SSSR count). The summed E-state index contributed by atoms with van der Waals surface area (Å²) < 4.78 is 13.2. The minimum atomic E-state index is -0.354. The van der Waals surface area contributed by atoms with Crippen LogP contribution in [0.5, 0.6) is 0 Å². The number of nitrogens with one attached hydrogen (secondary N) is 1. The second-order valence-corrected chi connectivity index (χ2v) is 5.62. The maximum absolute atomic E-state index is 13.2. The Bertz CT molecular complexity index is 598. The van der Waals surface area contributed by atoms with Gasteiger partial charge in [0.2, 0.25) is 0 Å². The highest BCUT2D eigenvalue weighted by molar-refractivity contribution is 5.89. The summed E-state index contributed by atoms with van der Waals surface area (Å²) in [5.41, 5.74) is 1.72. The second kappa shape index (κ2) is 8.48. The quantitative estimate of drug-likeness (QED) is 0.856. The number of hydrogen-bond acceptors (Lipinski definition) is 2. The zero-order valence-corrected chi connectivity index (χ0v) is 13.8. The molecule has 23 heavy (non-hydrogen) atoms. The Hall–Kier alpha value is -2.14. The van der Waals surface area contributed by atoms with E-state index in [1.54, 1.807) is 17.0 Å². The molecular weight excluding hydrogens is 293 g/mol. The monoisotopic (exact) mass is 317 g/mol. The van der Waals surface area contributed by atoms with Crippen molar-refractivity contribution in [2.24, 2.45) is 0 Å². The topological polar surface area (TPSA) is 35.6 Å². The van der Waals surface area contributed by atoms with Gasteiger partial charge in [-0.1, -0.05) is 24.3 Å². The Labute approximate surface area is 137 Å². The molecule has 0 atom stereocenters. The molecule has 1 aliphatic heterocycles. The average Bonchev–Trinajstić information content (AvgIpc) is 2.54. The van der Waals surface area contributed by atoms with Crippen LogP contribution in [0.1, 0.15) is 20.3 Å². The number of allylic oxidation sites excluding steroid dienone is 2. The van der Waals surface area contributed by atoms with Crippen LogP contribution in [0.15, 0.2) is 48.1 Å². The third-order valence-corrected chi connectivity index (χ3v) is 3.79. The van der Waals surface area contributed by atoms with Crippen LogP contribution in [0.3, 0.4) is 0 Å². The highest BCUT2D eigenvalue weighted by Crippen LogP contribution is 2.13. The van der Waals surface area contributed by atoms with Gasteiger partial charge in [-0.25, -0.2) is 9.18 Å². The zero-order valence-electron chi connectivity index (χ0n) is 13.8. The van der Waals surface area contributed by atoms with Gasteiger partial charge >= 0.3 is 6.03 Å². The van der Waals surface area contributed by atoms with Gasteiger partial charge in [-0.2, -0.15) is 0 Å². The van der Waals surface area contributed by atoms with E-state index in [-0.39, 0.29) is 11.8 Å². The van der Waals surface area contributed by atoms with E-state index in [0.717, 1.165) is 19.5 Å². The fourth-order valence-corrected chi connectivity index (χ4v) is 2.64. The smallest absolute Gasteiger partial charge is 0.311 e. The maximum Gasteiger partial charge on any atom is 0.322 e. The Morgan fingerprint density at radius 3 is 2.87 bits per heavy atom. The summed E-state index contributed by atoms with van der Waals surface area (Å²) in [7, 11) is 0. The van der Waals surface area contributed by atoms with Gasteiger partial charge in [0.25, 0.3) is 0 Å². The molecule has 0 bridgehead atoms. The van der Waals surface area contributed by atoms with E-state index >= 15 is 0 Å². The lowest BCUT2D eigenvalue weighted by molar-refractivity contribution is 0.118. The third-order valence-electron chi connectivity index (χ3n) is 3.79. The van der Waals surface area contributed by atoms with E-state index < -0.39 is 0 Å². The van der Waals surface area contributed by atoms with Gasteiger partial charge in [-0.15, -0.1) is 0 Å². The van der Waals surface area contributed by atoms with Crippen molar-refractivity contribution in [3.63, 3.8) is 0 Å². The average molecular weight is 317 g/mol. The minimum absolute atomic E-state index is 0.187. The van der Waals surface area contributed by atoms with Crippen molar-refractivity contribution in [1.82, 2.24) is 9.80 Å². The van der Waals surface area contributed by atoms with Gasteiger partial charge in [0.1, 0.15) is 5.82 Å². The van der Waals surface area contributed by atoms with Crippen molar-refractivity contribution in [2.45, 2.75) is 20.3 Å². The number of nitrogens with zero attached hydrogens (tertiary/aromatic N) is 2. The Balaban J connectivity index is 1.93. The first-order chi connectivity index (χ1) is 11.1. The summed E-state index contributed by atoms with van der Waals surface area (Å²) in [5.74, 6) is -0.354. The van der Waals surface area contributed by atoms with Gasteiger partial charge in [0.05, 0.1) is 6.67 Å². The molecule has 0 unspecified atom stereocenters. The van der Waals surface area contributed by atoms with Crippen LogP contribution >= 0.6 is 0 Å². The normalized spacial score (nSPS) is 16.8. The molecule has 4 nitrogen and oxygen atoms in total. The molecule has 1 aliphatic rings. The Morgan fingerprint density at radius 1 is 1.35 bits per heavy atom.